The topological polar surface area (TPSA) is 79.2 Å². The number of piperidine rings is 3. The minimum Gasteiger partial charge on any atom is -0.491 e. The average Bonchev–Trinajstić information content (AvgIpc) is 2.62. The summed E-state index contributed by atoms with van der Waals surface area (Å²) in [5, 5.41) is 20.2. The second-order valence-electron chi connectivity index (χ2n) is 7.06. The molecular formula is C19H27BNO5. The number of nitrogens with zero attached hydrogens (tertiary/aromatic N) is 1. The van der Waals surface area contributed by atoms with Crippen molar-refractivity contribution in [3.05, 3.63) is 29.8 Å². The Morgan fingerprint density at radius 2 is 1.96 bits per heavy atom. The molecule has 0 amide bonds. The SMILES string of the molecule is CCOCC(C(=O)O)c1ccc(OCC2(O)CN3CCC2CC3)cc1.[B]. The molecule has 4 rings (SSSR count). The van der Waals surface area contributed by atoms with E-state index >= 15 is 0 Å². The molecule has 141 valence electrons. The third-order valence-electron chi connectivity index (χ3n) is 5.40. The van der Waals surface area contributed by atoms with Crippen LogP contribution in [0.4, 0.5) is 0 Å². The lowest BCUT2D eigenvalue weighted by molar-refractivity contribution is -0.140. The van der Waals surface area contributed by atoms with Crippen LogP contribution in [0.1, 0.15) is 31.2 Å². The Bertz CT molecular complexity index is 588. The lowest BCUT2D eigenvalue weighted by atomic mass is 9.76. The first-order valence-electron chi connectivity index (χ1n) is 9.00. The van der Waals surface area contributed by atoms with E-state index in [2.05, 4.69) is 4.90 Å². The second-order valence-corrected chi connectivity index (χ2v) is 7.06. The summed E-state index contributed by atoms with van der Waals surface area (Å²) < 4.78 is 11.1. The summed E-state index contributed by atoms with van der Waals surface area (Å²) in [7, 11) is 0. The van der Waals surface area contributed by atoms with Gasteiger partial charge in [-0.05, 0) is 56.5 Å². The molecule has 0 saturated carbocycles. The van der Waals surface area contributed by atoms with Crippen LogP contribution in [0.5, 0.6) is 5.75 Å². The Morgan fingerprint density at radius 1 is 1.31 bits per heavy atom. The number of carboxylic acid groups (broad SMARTS) is 1. The van der Waals surface area contributed by atoms with E-state index in [9.17, 15) is 15.0 Å². The van der Waals surface area contributed by atoms with Crippen molar-refractivity contribution >= 4 is 14.4 Å². The van der Waals surface area contributed by atoms with Crippen LogP contribution in [0.25, 0.3) is 0 Å². The van der Waals surface area contributed by atoms with E-state index in [1.807, 2.05) is 6.92 Å². The zero-order valence-electron chi connectivity index (χ0n) is 15.3. The van der Waals surface area contributed by atoms with Crippen LogP contribution < -0.4 is 4.74 Å². The number of carboxylic acids is 1. The van der Waals surface area contributed by atoms with Gasteiger partial charge in [0.25, 0.3) is 0 Å². The summed E-state index contributed by atoms with van der Waals surface area (Å²) in [6.07, 6.45) is 2.05. The number of aliphatic carboxylic acids is 1. The molecule has 2 unspecified atom stereocenters. The first kappa shape index (κ1) is 20.7. The normalized spacial score (nSPS) is 28.2. The van der Waals surface area contributed by atoms with Crippen molar-refractivity contribution in [3.8, 4) is 5.75 Å². The van der Waals surface area contributed by atoms with Crippen molar-refractivity contribution in [3.63, 3.8) is 0 Å². The molecule has 3 aliphatic rings. The fourth-order valence-electron chi connectivity index (χ4n) is 3.86. The highest BCUT2D eigenvalue weighted by molar-refractivity contribution is 5.76. The number of rotatable bonds is 8. The van der Waals surface area contributed by atoms with Crippen LogP contribution in [-0.2, 0) is 9.53 Å². The van der Waals surface area contributed by atoms with Crippen molar-refractivity contribution in [1.29, 1.82) is 0 Å². The van der Waals surface area contributed by atoms with E-state index in [1.165, 1.54) is 0 Å². The molecule has 3 aliphatic heterocycles. The predicted octanol–water partition coefficient (Wildman–Crippen LogP) is 1.35. The van der Waals surface area contributed by atoms with Gasteiger partial charge in [-0.3, -0.25) is 4.79 Å². The molecule has 0 aromatic heterocycles. The first-order chi connectivity index (χ1) is 12.0. The van der Waals surface area contributed by atoms with Gasteiger partial charge in [-0.25, -0.2) is 0 Å². The average molecular weight is 360 g/mol. The molecule has 3 radical (unpaired) electrons. The maximum absolute atomic E-state index is 11.4. The lowest BCUT2D eigenvalue weighted by Gasteiger charge is -2.50. The third-order valence-corrected chi connectivity index (χ3v) is 5.40. The van der Waals surface area contributed by atoms with E-state index in [0.717, 1.165) is 25.9 Å². The molecule has 1 aromatic carbocycles. The van der Waals surface area contributed by atoms with Gasteiger partial charge in [0.05, 0.1) is 6.61 Å². The Kier molecular flexibility index (Phi) is 7.09. The molecule has 2 atom stereocenters. The van der Waals surface area contributed by atoms with E-state index in [0.29, 0.717) is 30.4 Å². The largest absolute Gasteiger partial charge is 0.491 e. The van der Waals surface area contributed by atoms with Gasteiger partial charge in [-0.15, -0.1) is 0 Å². The Hall–Kier alpha value is -1.57. The highest BCUT2D eigenvalue weighted by atomic mass is 16.5. The van der Waals surface area contributed by atoms with Crippen molar-refractivity contribution in [2.45, 2.75) is 31.3 Å². The van der Waals surface area contributed by atoms with Crippen LogP contribution in [0.15, 0.2) is 24.3 Å². The molecule has 7 heteroatoms. The molecule has 3 saturated heterocycles. The quantitative estimate of drug-likeness (QED) is 0.682. The molecule has 26 heavy (non-hydrogen) atoms. The number of fused-ring (bicyclic) bond motifs is 3. The summed E-state index contributed by atoms with van der Waals surface area (Å²) in [5.74, 6) is -0.627. The molecular weight excluding hydrogens is 333 g/mol. The van der Waals surface area contributed by atoms with Crippen molar-refractivity contribution < 1.29 is 24.5 Å². The van der Waals surface area contributed by atoms with Crippen molar-refractivity contribution in [1.82, 2.24) is 4.90 Å². The molecule has 2 bridgehead atoms. The molecule has 1 aromatic rings. The van der Waals surface area contributed by atoms with Crippen LogP contribution in [0.3, 0.4) is 0 Å². The van der Waals surface area contributed by atoms with Gasteiger partial charge in [0.2, 0.25) is 0 Å². The highest BCUT2D eigenvalue weighted by Gasteiger charge is 2.45. The summed E-state index contributed by atoms with van der Waals surface area (Å²) in [6, 6.07) is 7.05. The molecule has 0 spiro atoms. The Morgan fingerprint density at radius 3 is 2.46 bits per heavy atom. The number of ether oxygens (including phenoxy) is 2. The zero-order valence-corrected chi connectivity index (χ0v) is 15.3. The summed E-state index contributed by atoms with van der Waals surface area (Å²) >= 11 is 0. The Balaban J connectivity index is 0.00000243. The zero-order chi connectivity index (χ0) is 17.9. The van der Waals surface area contributed by atoms with Gasteiger partial charge in [0.1, 0.15) is 23.9 Å². The predicted molar refractivity (Wildman–Crippen MR) is 98.7 cm³/mol. The van der Waals surface area contributed by atoms with E-state index in [4.69, 9.17) is 9.47 Å². The van der Waals surface area contributed by atoms with Gasteiger partial charge in [-0.1, -0.05) is 12.1 Å². The van der Waals surface area contributed by atoms with Gasteiger partial charge in [0.15, 0.2) is 0 Å². The number of hydrogen-bond acceptors (Lipinski definition) is 5. The smallest absolute Gasteiger partial charge is 0.313 e. The van der Waals surface area contributed by atoms with Gasteiger partial charge < -0.3 is 24.6 Å². The minimum atomic E-state index is -0.899. The highest BCUT2D eigenvalue weighted by Crippen LogP contribution is 2.36. The first-order valence-corrected chi connectivity index (χ1v) is 9.00. The molecule has 0 aliphatic carbocycles. The molecule has 6 nitrogen and oxygen atoms in total. The maximum Gasteiger partial charge on any atom is 0.313 e. The monoisotopic (exact) mass is 360 g/mol. The Labute approximate surface area is 156 Å². The van der Waals surface area contributed by atoms with Crippen LogP contribution in [0, 0.1) is 5.92 Å². The van der Waals surface area contributed by atoms with Crippen LogP contribution in [0.2, 0.25) is 0 Å². The summed E-state index contributed by atoms with van der Waals surface area (Å²) in [5.41, 5.74) is -0.0943. The summed E-state index contributed by atoms with van der Waals surface area (Å²) in [4.78, 5) is 13.7. The summed E-state index contributed by atoms with van der Waals surface area (Å²) in [6.45, 7) is 5.57. The standard InChI is InChI=1S/C19H27NO5.B/c1-2-24-11-17(18(21)22)14-3-5-16(6-4-14)25-13-19(23)12-20-9-7-15(19)8-10-20;/h3-6,15,17,23H,2,7-13H2,1H3,(H,21,22);. The van der Waals surface area contributed by atoms with Crippen LogP contribution in [-0.4, -0.2) is 74.6 Å². The number of benzene rings is 1. The number of hydrogen-bond donors (Lipinski definition) is 2. The second kappa shape index (κ2) is 8.89. The lowest BCUT2D eigenvalue weighted by Crippen LogP contribution is -2.61. The van der Waals surface area contributed by atoms with Gasteiger partial charge in [-0.2, -0.15) is 0 Å². The van der Waals surface area contributed by atoms with Gasteiger partial charge >= 0.3 is 5.97 Å². The maximum atomic E-state index is 11.4. The fourth-order valence-corrected chi connectivity index (χ4v) is 3.86. The fraction of sp³-hybridized carbons (Fsp3) is 0.632. The van der Waals surface area contributed by atoms with Crippen molar-refractivity contribution in [2.24, 2.45) is 5.92 Å². The van der Waals surface area contributed by atoms with Gasteiger partial charge in [0, 0.05) is 21.6 Å². The van der Waals surface area contributed by atoms with E-state index in [-0.39, 0.29) is 21.6 Å². The van der Waals surface area contributed by atoms with E-state index in [1.54, 1.807) is 24.3 Å². The number of carbonyl (C=O) groups is 1. The van der Waals surface area contributed by atoms with Crippen molar-refractivity contribution in [2.75, 3.05) is 39.5 Å². The van der Waals surface area contributed by atoms with E-state index < -0.39 is 17.5 Å². The minimum absolute atomic E-state index is 0. The molecule has 2 N–H and O–H groups in total. The van der Waals surface area contributed by atoms with Crippen LogP contribution >= 0.6 is 0 Å². The number of aliphatic hydroxyl groups is 1. The molecule has 3 fully saturated rings. The molecule has 3 heterocycles. The third kappa shape index (κ3) is 4.58.